The first-order chi connectivity index (χ1) is 9.16. The number of hydrogen-bond donors (Lipinski definition) is 0. The van der Waals surface area contributed by atoms with Crippen LogP contribution in [0.2, 0.25) is 0 Å². The predicted octanol–water partition coefficient (Wildman–Crippen LogP) is 3.85. The number of aryl methyl sites for hydroxylation is 1. The Balaban J connectivity index is 2.18. The van der Waals surface area contributed by atoms with Crippen molar-refractivity contribution in [1.82, 2.24) is 4.57 Å². The Labute approximate surface area is 110 Å². The van der Waals surface area contributed by atoms with E-state index in [0.717, 1.165) is 16.9 Å². The summed E-state index contributed by atoms with van der Waals surface area (Å²) in [7, 11) is 0. The molecule has 0 radical (unpaired) electrons. The van der Waals surface area contributed by atoms with Crippen molar-refractivity contribution in [2.24, 2.45) is 0 Å². The minimum atomic E-state index is -0.385. The molecule has 0 amide bonds. The zero-order valence-electron chi connectivity index (χ0n) is 10.4. The lowest BCUT2D eigenvalue weighted by atomic mass is 10.2. The molecular formula is C15H12N2O2. The van der Waals surface area contributed by atoms with Crippen molar-refractivity contribution in [2.45, 2.75) is 6.92 Å². The molecule has 0 bridgehead atoms. The van der Waals surface area contributed by atoms with Crippen molar-refractivity contribution >= 4 is 16.6 Å². The van der Waals surface area contributed by atoms with Crippen LogP contribution in [0.1, 0.15) is 5.69 Å². The highest BCUT2D eigenvalue weighted by molar-refractivity contribution is 5.83. The summed E-state index contributed by atoms with van der Waals surface area (Å²) >= 11 is 0. The number of para-hydroxylation sites is 1. The molecule has 4 nitrogen and oxygen atoms in total. The first-order valence-corrected chi connectivity index (χ1v) is 5.99. The van der Waals surface area contributed by atoms with Gasteiger partial charge in [-0.1, -0.05) is 18.2 Å². The van der Waals surface area contributed by atoms with E-state index in [0.29, 0.717) is 0 Å². The molecule has 2 aromatic carbocycles. The number of benzene rings is 2. The van der Waals surface area contributed by atoms with Crippen molar-refractivity contribution < 1.29 is 4.92 Å². The molecule has 0 aliphatic carbocycles. The highest BCUT2D eigenvalue weighted by Gasteiger charge is 2.09. The number of aromatic nitrogens is 1. The number of nitro groups is 1. The summed E-state index contributed by atoms with van der Waals surface area (Å²) in [5.41, 5.74) is 3.26. The maximum absolute atomic E-state index is 10.7. The van der Waals surface area contributed by atoms with Crippen LogP contribution in [-0.4, -0.2) is 9.49 Å². The Bertz CT molecular complexity index is 757. The van der Waals surface area contributed by atoms with E-state index in [9.17, 15) is 10.1 Å². The lowest BCUT2D eigenvalue weighted by molar-refractivity contribution is -0.384. The summed E-state index contributed by atoms with van der Waals surface area (Å²) in [6, 6.07) is 16.8. The second-order valence-corrected chi connectivity index (χ2v) is 4.45. The fourth-order valence-corrected chi connectivity index (χ4v) is 2.36. The third kappa shape index (κ3) is 1.87. The van der Waals surface area contributed by atoms with E-state index in [1.54, 1.807) is 12.1 Å². The van der Waals surface area contributed by atoms with E-state index in [1.807, 2.05) is 25.1 Å². The van der Waals surface area contributed by atoms with Crippen LogP contribution >= 0.6 is 0 Å². The van der Waals surface area contributed by atoms with Crippen molar-refractivity contribution in [2.75, 3.05) is 0 Å². The number of nitro benzene ring substituents is 1. The Morgan fingerprint density at radius 3 is 2.42 bits per heavy atom. The van der Waals surface area contributed by atoms with E-state index >= 15 is 0 Å². The monoisotopic (exact) mass is 252 g/mol. The molecule has 0 aliphatic rings. The maximum Gasteiger partial charge on any atom is 0.269 e. The molecule has 0 saturated heterocycles. The van der Waals surface area contributed by atoms with Crippen molar-refractivity contribution in [1.29, 1.82) is 0 Å². The molecule has 0 unspecified atom stereocenters. The highest BCUT2D eigenvalue weighted by Crippen LogP contribution is 2.25. The molecule has 1 aromatic heterocycles. The third-order valence-electron chi connectivity index (χ3n) is 3.21. The summed E-state index contributed by atoms with van der Waals surface area (Å²) in [5.74, 6) is 0. The van der Waals surface area contributed by atoms with Gasteiger partial charge in [0.2, 0.25) is 0 Å². The van der Waals surface area contributed by atoms with Gasteiger partial charge in [-0.3, -0.25) is 10.1 Å². The Morgan fingerprint density at radius 2 is 1.74 bits per heavy atom. The standard InChI is InChI=1S/C15H12N2O2/c1-11-10-12-4-2-3-5-15(12)16(11)13-6-8-14(9-7-13)17(18)19/h2-10H,1H3. The lowest BCUT2D eigenvalue weighted by Gasteiger charge is -2.07. The summed E-state index contributed by atoms with van der Waals surface area (Å²) in [6.07, 6.45) is 0. The Kier molecular flexibility index (Phi) is 2.56. The van der Waals surface area contributed by atoms with Gasteiger partial charge in [-0.15, -0.1) is 0 Å². The van der Waals surface area contributed by atoms with Gasteiger partial charge < -0.3 is 4.57 Å². The van der Waals surface area contributed by atoms with Crippen molar-refractivity contribution in [3.63, 3.8) is 0 Å². The number of nitrogens with zero attached hydrogens (tertiary/aromatic N) is 2. The van der Waals surface area contributed by atoms with E-state index in [-0.39, 0.29) is 10.6 Å². The van der Waals surface area contributed by atoms with Gasteiger partial charge in [0.15, 0.2) is 0 Å². The largest absolute Gasteiger partial charge is 0.314 e. The van der Waals surface area contributed by atoms with E-state index < -0.39 is 0 Å². The third-order valence-corrected chi connectivity index (χ3v) is 3.21. The average molecular weight is 252 g/mol. The van der Waals surface area contributed by atoms with Crippen LogP contribution < -0.4 is 0 Å². The lowest BCUT2D eigenvalue weighted by Crippen LogP contribution is -1.96. The molecule has 0 N–H and O–H groups in total. The molecule has 3 aromatic rings. The van der Waals surface area contributed by atoms with Gasteiger partial charge in [0.25, 0.3) is 5.69 Å². The van der Waals surface area contributed by atoms with Gasteiger partial charge in [-0.25, -0.2) is 0 Å². The maximum atomic E-state index is 10.7. The van der Waals surface area contributed by atoms with E-state index in [1.165, 1.54) is 17.5 Å². The summed E-state index contributed by atoms with van der Waals surface area (Å²) in [4.78, 5) is 10.3. The number of fused-ring (bicyclic) bond motifs is 1. The minimum absolute atomic E-state index is 0.109. The summed E-state index contributed by atoms with van der Waals surface area (Å²) in [5, 5.41) is 11.8. The molecule has 3 rings (SSSR count). The van der Waals surface area contributed by atoms with Crippen LogP contribution in [0.25, 0.3) is 16.6 Å². The molecule has 4 heteroatoms. The molecular weight excluding hydrogens is 240 g/mol. The zero-order chi connectivity index (χ0) is 13.4. The van der Waals surface area contributed by atoms with Gasteiger partial charge >= 0.3 is 0 Å². The molecule has 0 spiro atoms. The van der Waals surface area contributed by atoms with Crippen LogP contribution in [0, 0.1) is 17.0 Å². The number of hydrogen-bond acceptors (Lipinski definition) is 2. The van der Waals surface area contributed by atoms with Gasteiger partial charge in [0, 0.05) is 28.9 Å². The Hall–Kier alpha value is -2.62. The van der Waals surface area contributed by atoms with Crippen LogP contribution in [0.3, 0.4) is 0 Å². The van der Waals surface area contributed by atoms with Crippen LogP contribution in [0.15, 0.2) is 54.6 Å². The van der Waals surface area contributed by atoms with Crippen LogP contribution in [0.5, 0.6) is 0 Å². The second kappa shape index (κ2) is 4.24. The molecule has 0 fully saturated rings. The van der Waals surface area contributed by atoms with Crippen LogP contribution in [0.4, 0.5) is 5.69 Å². The van der Waals surface area contributed by atoms with Gasteiger partial charge in [0.05, 0.1) is 10.4 Å². The molecule has 0 aliphatic heterocycles. The first kappa shape index (κ1) is 11.5. The summed E-state index contributed by atoms with van der Waals surface area (Å²) in [6.45, 7) is 2.03. The zero-order valence-corrected chi connectivity index (χ0v) is 10.4. The molecule has 1 heterocycles. The molecule has 0 saturated carbocycles. The quantitative estimate of drug-likeness (QED) is 0.513. The van der Waals surface area contributed by atoms with Gasteiger partial charge in [-0.2, -0.15) is 0 Å². The second-order valence-electron chi connectivity index (χ2n) is 4.45. The van der Waals surface area contributed by atoms with Crippen molar-refractivity contribution in [3.05, 3.63) is 70.4 Å². The SMILES string of the molecule is Cc1cc2ccccc2n1-c1ccc([N+](=O)[O-])cc1. The predicted molar refractivity (Wildman–Crippen MR) is 74.7 cm³/mol. The molecule has 94 valence electrons. The number of rotatable bonds is 2. The normalized spacial score (nSPS) is 10.8. The smallest absolute Gasteiger partial charge is 0.269 e. The van der Waals surface area contributed by atoms with E-state index in [2.05, 4.69) is 16.7 Å². The first-order valence-electron chi connectivity index (χ1n) is 5.99. The van der Waals surface area contributed by atoms with Crippen LogP contribution in [-0.2, 0) is 0 Å². The fraction of sp³-hybridized carbons (Fsp3) is 0.0667. The topological polar surface area (TPSA) is 48.1 Å². The fourth-order valence-electron chi connectivity index (χ4n) is 2.36. The molecule has 19 heavy (non-hydrogen) atoms. The highest BCUT2D eigenvalue weighted by atomic mass is 16.6. The van der Waals surface area contributed by atoms with Crippen molar-refractivity contribution in [3.8, 4) is 5.69 Å². The van der Waals surface area contributed by atoms with Gasteiger partial charge in [-0.05, 0) is 31.2 Å². The summed E-state index contributed by atoms with van der Waals surface area (Å²) < 4.78 is 2.10. The molecule has 0 atom stereocenters. The number of non-ortho nitro benzene ring substituents is 1. The van der Waals surface area contributed by atoms with E-state index in [4.69, 9.17) is 0 Å². The average Bonchev–Trinajstić information content (AvgIpc) is 2.74. The Morgan fingerprint density at radius 1 is 1.05 bits per heavy atom. The van der Waals surface area contributed by atoms with Gasteiger partial charge in [0.1, 0.15) is 0 Å². The minimum Gasteiger partial charge on any atom is -0.314 e.